The zero-order valence-corrected chi connectivity index (χ0v) is 23.9. The van der Waals surface area contributed by atoms with Gasteiger partial charge in [-0.25, -0.2) is 9.97 Å². The Labute approximate surface area is 229 Å². The SMILES string of the molecule is CCOc1cc(N(C)CCN(C)C)c([N+](=O)[O-])cc1Nc1ncnc(N2CC(C)(C)c3nc(C)c(C)cc32)n1. The van der Waals surface area contributed by atoms with Crippen LogP contribution in [0.15, 0.2) is 24.5 Å². The highest BCUT2D eigenvalue weighted by Gasteiger charge is 2.39. The van der Waals surface area contributed by atoms with Gasteiger partial charge in [0.2, 0.25) is 11.9 Å². The molecule has 0 radical (unpaired) electrons. The smallest absolute Gasteiger partial charge is 0.294 e. The number of anilines is 5. The summed E-state index contributed by atoms with van der Waals surface area (Å²) >= 11 is 0. The highest BCUT2D eigenvalue weighted by atomic mass is 16.6. The van der Waals surface area contributed by atoms with Crippen molar-refractivity contribution in [3.05, 3.63) is 51.6 Å². The number of hydrogen-bond donors (Lipinski definition) is 1. The first-order valence-electron chi connectivity index (χ1n) is 12.9. The quantitative estimate of drug-likeness (QED) is 0.294. The maximum atomic E-state index is 12.0. The lowest BCUT2D eigenvalue weighted by atomic mass is 9.91. The van der Waals surface area contributed by atoms with Gasteiger partial charge in [-0.3, -0.25) is 15.1 Å². The van der Waals surface area contributed by atoms with Gasteiger partial charge in [-0.05, 0) is 46.5 Å². The molecule has 0 aliphatic carbocycles. The van der Waals surface area contributed by atoms with Crippen molar-refractivity contribution < 1.29 is 9.66 Å². The number of aromatic nitrogens is 4. The molecule has 0 unspecified atom stereocenters. The maximum absolute atomic E-state index is 12.0. The van der Waals surface area contributed by atoms with Crippen molar-refractivity contribution in [1.29, 1.82) is 0 Å². The van der Waals surface area contributed by atoms with Crippen molar-refractivity contribution in [2.75, 3.05) is 62.5 Å². The minimum Gasteiger partial charge on any atom is -0.492 e. The number of nitro benzene ring substituents is 1. The van der Waals surface area contributed by atoms with E-state index in [-0.39, 0.29) is 22.0 Å². The number of aryl methyl sites for hydroxylation is 2. The molecular weight excluding hydrogens is 498 g/mol. The number of likely N-dealkylation sites (N-methyl/N-ethyl adjacent to an activating group) is 2. The predicted octanol–water partition coefficient (Wildman–Crippen LogP) is 4.36. The van der Waals surface area contributed by atoms with Crippen LogP contribution >= 0.6 is 0 Å². The molecule has 0 fully saturated rings. The van der Waals surface area contributed by atoms with Crippen molar-refractivity contribution >= 4 is 34.6 Å². The number of benzene rings is 1. The van der Waals surface area contributed by atoms with Gasteiger partial charge in [0, 0.05) is 49.9 Å². The molecule has 0 amide bonds. The number of pyridine rings is 1. The van der Waals surface area contributed by atoms with Crippen LogP contribution in [-0.2, 0) is 5.41 Å². The highest BCUT2D eigenvalue weighted by Crippen LogP contribution is 2.43. The lowest BCUT2D eigenvalue weighted by Crippen LogP contribution is -2.29. The molecule has 0 atom stereocenters. The molecule has 1 aromatic carbocycles. The van der Waals surface area contributed by atoms with E-state index in [1.165, 1.54) is 12.4 Å². The summed E-state index contributed by atoms with van der Waals surface area (Å²) in [4.78, 5) is 35.8. The molecule has 12 nitrogen and oxygen atoms in total. The number of nitrogens with zero attached hydrogens (tertiary/aromatic N) is 8. The molecule has 1 N–H and O–H groups in total. The Bertz CT molecular complexity index is 1380. The largest absolute Gasteiger partial charge is 0.492 e. The van der Waals surface area contributed by atoms with Gasteiger partial charge in [-0.1, -0.05) is 13.8 Å². The number of nitrogens with one attached hydrogen (secondary N) is 1. The fourth-order valence-corrected chi connectivity index (χ4v) is 4.58. The van der Waals surface area contributed by atoms with Crippen LogP contribution in [0.5, 0.6) is 5.75 Å². The van der Waals surface area contributed by atoms with Gasteiger partial charge in [0.1, 0.15) is 17.8 Å². The first kappa shape index (κ1) is 28.0. The third-order valence-corrected chi connectivity index (χ3v) is 6.85. The van der Waals surface area contributed by atoms with Crippen LogP contribution in [0.25, 0.3) is 0 Å². The van der Waals surface area contributed by atoms with E-state index < -0.39 is 0 Å². The minimum absolute atomic E-state index is 0.0383. The second-order valence-electron chi connectivity index (χ2n) is 10.7. The van der Waals surface area contributed by atoms with Crippen LogP contribution in [0, 0.1) is 24.0 Å². The van der Waals surface area contributed by atoms with E-state index in [0.29, 0.717) is 42.8 Å². The van der Waals surface area contributed by atoms with Crippen LogP contribution in [0.2, 0.25) is 0 Å². The van der Waals surface area contributed by atoms with E-state index in [4.69, 9.17) is 9.72 Å². The van der Waals surface area contributed by atoms with E-state index in [2.05, 4.69) is 40.2 Å². The molecule has 1 aliphatic heterocycles. The number of nitro groups is 1. The molecule has 208 valence electrons. The molecule has 0 spiro atoms. The normalized spacial score (nSPS) is 13.9. The van der Waals surface area contributed by atoms with Crippen molar-refractivity contribution in [2.24, 2.45) is 0 Å². The van der Waals surface area contributed by atoms with Gasteiger partial charge in [0.25, 0.3) is 5.69 Å². The van der Waals surface area contributed by atoms with E-state index in [0.717, 1.165) is 29.2 Å². The molecule has 2 aromatic heterocycles. The lowest BCUT2D eigenvalue weighted by Gasteiger charge is -2.23. The fourth-order valence-electron chi connectivity index (χ4n) is 4.58. The maximum Gasteiger partial charge on any atom is 0.294 e. The summed E-state index contributed by atoms with van der Waals surface area (Å²) < 4.78 is 5.88. The Morgan fingerprint density at radius 2 is 1.87 bits per heavy atom. The minimum atomic E-state index is -0.387. The average molecular weight is 536 g/mol. The Hall–Kier alpha value is -4.06. The molecule has 3 heterocycles. The van der Waals surface area contributed by atoms with Crippen molar-refractivity contribution in [2.45, 2.75) is 40.0 Å². The topological polar surface area (TPSA) is 126 Å². The molecule has 1 aliphatic rings. The van der Waals surface area contributed by atoms with Gasteiger partial charge in [0.05, 0.1) is 28.6 Å². The van der Waals surface area contributed by atoms with Gasteiger partial charge in [-0.15, -0.1) is 0 Å². The lowest BCUT2D eigenvalue weighted by molar-refractivity contribution is -0.384. The third kappa shape index (κ3) is 5.85. The standard InChI is InChI=1S/C27H37N9O3/c1-9-39-23-14-20(34(8)11-10-33(6)7)21(36(37)38)13-19(23)31-25-28-16-29-26(32-25)35-15-27(4,5)24-22(35)12-17(2)18(3)30-24/h12-14,16H,9-11,15H2,1-8H3,(H,28,29,31,32). The van der Waals surface area contributed by atoms with Crippen LogP contribution < -0.4 is 19.9 Å². The monoisotopic (exact) mass is 535 g/mol. The molecule has 3 aromatic rings. The van der Waals surface area contributed by atoms with Crippen molar-refractivity contribution in [3.8, 4) is 5.75 Å². The number of rotatable bonds is 10. The fraction of sp³-hybridized carbons (Fsp3) is 0.481. The van der Waals surface area contributed by atoms with Gasteiger partial charge in [-0.2, -0.15) is 4.98 Å². The van der Waals surface area contributed by atoms with E-state index in [1.807, 2.05) is 56.6 Å². The highest BCUT2D eigenvalue weighted by molar-refractivity contribution is 5.77. The van der Waals surface area contributed by atoms with Crippen molar-refractivity contribution in [3.63, 3.8) is 0 Å². The molecule has 4 rings (SSSR count). The second-order valence-corrected chi connectivity index (χ2v) is 10.7. The number of hydrogen-bond acceptors (Lipinski definition) is 11. The van der Waals surface area contributed by atoms with Gasteiger partial charge < -0.3 is 24.8 Å². The van der Waals surface area contributed by atoms with Crippen LogP contribution in [0.3, 0.4) is 0 Å². The summed E-state index contributed by atoms with van der Waals surface area (Å²) in [6.45, 7) is 12.6. The zero-order chi connectivity index (χ0) is 28.5. The Morgan fingerprint density at radius 1 is 1.13 bits per heavy atom. The van der Waals surface area contributed by atoms with Crippen LogP contribution in [-0.4, -0.2) is 77.1 Å². The molecule has 12 heteroatoms. The Morgan fingerprint density at radius 3 is 2.54 bits per heavy atom. The summed E-state index contributed by atoms with van der Waals surface area (Å²) in [5.74, 6) is 1.20. The summed E-state index contributed by atoms with van der Waals surface area (Å²) in [6, 6.07) is 5.28. The Kier molecular flexibility index (Phi) is 7.86. The molecule has 0 bridgehead atoms. The van der Waals surface area contributed by atoms with E-state index >= 15 is 0 Å². The zero-order valence-electron chi connectivity index (χ0n) is 23.9. The molecule has 0 saturated heterocycles. The summed E-state index contributed by atoms with van der Waals surface area (Å²) in [5, 5.41) is 15.2. The van der Waals surface area contributed by atoms with E-state index in [9.17, 15) is 10.1 Å². The number of fused-ring (bicyclic) bond motifs is 1. The van der Waals surface area contributed by atoms with Crippen LogP contribution in [0.4, 0.5) is 34.6 Å². The van der Waals surface area contributed by atoms with Gasteiger partial charge >= 0.3 is 0 Å². The van der Waals surface area contributed by atoms with Crippen molar-refractivity contribution in [1.82, 2.24) is 24.8 Å². The Balaban J connectivity index is 1.70. The average Bonchev–Trinajstić information content (AvgIpc) is 3.13. The second kappa shape index (κ2) is 11.0. The number of ether oxygens (including phenoxy) is 1. The summed E-state index contributed by atoms with van der Waals surface area (Å²) in [6.07, 6.45) is 1.43. The predicted molar refractivity (Wildman–Crippen MR) is 153 cm³/mol. The molecular formula is C27H37N9O3. The summed E-state index contributed by atoms with van der Waals surface area (Å²) in [7, 11) is 5.76. The van der Waals surface area contributed by atoms with Crippen LogP contribution in [0.1, 0.15) is 37.7 Å². The molecule has 0 saturated carbocycles. The van der Waals surface area contributed by atoms with Gasteiger partial charge in [0.15, 0.2) is 0 Å². The third-order valence-electron chi connectivity index (χ3n) is 6.85. The first-order chi connectivity index (χ1) is 18.4. The first-order valence-corrected chi connectivity index (χ1v) is 12.9. The molecule has 39 heavy (non-hydrogen) atoms. The summed E-state index contributed by atoms with van der Waals surface area (Å²) in [5.41, 5.74) is 4.71. The van der Waals surface area contributed by atoms with E-state index in [1.54, 1.807) is 6.07 Å².